The summed E-state index contributed by atoms with van der Waals surface area (Å²) < 4.78 is 49.1. The first-order valence-electron chi connectivity index (χ1n) is 7.19. The predicted molar refractivity (Wildman–Crippen MR) is 81.2 cm³/mol. The predicted octanol–water partition coefficient (Wildman–Crippen LogP) is 3.66. The molecule has 1 aliphatic rings. The third kappa shape index (κ3) is 3.15. The van der Waals surface area contributed by atoms with Gasteiger partial charge in [-0.3, -0.25) is 4.79 Å². The smallest absolute Gasteiger partial charge is 0.416 e. The van der Waals surface area contributed by atoms with Gasteiger partial charge in [-0.15, -0.1) is 0 Å². The van der Waals surface area contributed by atoms with Crippen LogP contribution in [0.15, 0.2) is 42.5 Å². The maximum Gasteiger partial charge on any atom is 0.416 e. The van der Waals surface area contributed by atoms with Crippen molar-refractivity contribution < 1.29 is 27.4 Å². The molecule has 1 amide bonds. The molecule has 2 aromatic rings. The minimum Gasteiger partial charge on any atom is -0.495 e. The average molecular weight is 337 g/mol. The molecule has 0 saturated carbocycles. The van der Waals surface area contributed by atoms with Crippen LogP contribution in [0.25, 0.3) is 0 Å². The van der Waals surface area contributed by atoms with Crippen LogP contribution in [0.5, 0.6) is 11.5 Å². The SMILES string of the molecule is COc1ccc(C(F)(F)F)cc1NC(=O)C1Cc2ccccc2O1. The summed E-state index contributed by atoms with van der Waals surface area (Å²) in [7, 11) is 1.32. The molecule has 7 heteroatoms. The fourth-order valence-electron chi connectivity index (χ4n) is 2.52. The third-order valence-corrected chi connectivity index (χ3v) is 3.72. The van der Waals surface area contributed by atoms with Crippen molar-refractivity contribution in [3.63, 3.8) is 0 Å². The minimum absolute atomic E-state index is 0.0446. The van der Waals surface area contributed by atoms with E-state index in [4.69, 9.17) is 9.47 Å². The van der Waals surface area contributed by atoms with E-state index >= 15 is 0 Å². The number of ether oxygens (including phenoxy) is 2. The Kier molecular flexibility index (Phi) is 4.09. The number of rotatable bonds is 3. The van der Waals surface area contributed by atoms with Gasteiger partial charge in [-0.05, 0) is 29.8 Å². The molecule has 0 spiro atoms. The molecule has 2 aromatic carbocycles. The first kappa shape index (κ1) is 16.2. The number of carbonyl (C=O) groups is 1. The summed E-state index contributed by atoms with van der Waals surface area (Å²) in [5.41, 5.74) is -0.0280. The van der Waals surface area contributed by atoms with E-state index in [1.165, 1.54) is 13.2 Å². The molecule has 3 rings (SSSR count). The first-order valence-corrected chi connectivity index (χ1v) is 7.19. The van der Waals surface area contributed by atoms with Crippen LogP contribution in [0.4, 0.5) is 18.9 Å². The second kappa shape index (κ2) is 6.07. The third-order valence-electron chi connectivity index (χ3n) is 3.72. The Labute approximate surface area is 136 Å². The summed E-state index contributed by atoms with van der Waals surface area (Å²) in [6, 6.07) is 10.1. The van der Waals surface area contributed by atoms with Crippen molar-refractivity contribution in [2.75, 3.05) is 12.4 Å². The molecule has 0 aromatic heterocycles. The molecule has 1 atom stereocenters. The Morgan fingerprint density at radius 2 is 2.00 bits per heavy atom. The van der Waals surface area contributed by atoms with Crippen LogP contribution in [0.2, 0.25) is 0 Å². The zero-order valence-corrected chi connectivity index (χ0v) is 12.7. The van der Waals surface area contributed by atoms with E-state index in [1.54, 1.807) is 12.1 Å². The molecule has 1 aliphatic heterocycles. The van der Waals surface area contributed by atoms with Crippen molar-refractivity contribution >= 4 is 11.6 Å². The number of alkyl halides is 3. The number of carbonyl (C=O) groups excluding carboxylic acids is 1. The second-order valence-electron chi connectivity index (χ2n) is 5.32. The number of amides is 1. The van der Waals surface area contributed by atoms with Gasteiger partial charge in [-0.25, -0.2) is 0 Å². The highest BCUT2D eigenvalue weighted by Gasteiger charge is 2.33. The molecule has 1 heterocycles. The van der Waals surface area contributed by atoms with Gasteiger partial charge in [0.15, 0.2) is 6.10 Å². The molecular weight excluding hydrogens is 323 g/mol. The number of methoxy groups -OCH3 is 1. The number of para-hydroxylation sites is 1. The van der Waals surface area contributed by atoms with E-state index in [2.05, 4.69) is 5.32 Å². The van der Waals surface area contributed by atoms with Gasteiger partial charge in [0.1, 0.15) is 11.5 Å². The maximum atomic E-state index is 12.8. The van der Waals surface area contributed by atoms with Crippen molar-refractivity contribution in [2.24, 2.45) is 0 Å². The summed E-state index contributed by atoms with van der Waals surface area (Å²) in [5, 5.41) is 2.46. The summed E-state index contributed by atoms with van der Waals surface area (Å²) in [6.07, 6.45) is -4.93. The van der Waals surface area contributed by atoms with Gasteiger partial charge in [0.2, 0.25) is 0 Å². The normalized spacial score (nSPS) is 16.2. The van der Waals surface area contributed by atoms with Gasteiger partial charge < -0.3 is 14.8 Å². The highest BCUT2D eigenvalue weighted by molar-refractivity contribution is 5.96. The molecule has 0 saturated heterocycles. The molecule has 1 N–H and O–H groups in total. The monoisotopic (exact) mass is 337 g/mol. The maximum absolute atomic E-state index is 12.8. The molecule has 0 bridgehead atoms. The quantitative estimate of drug-likeness (QED) is 0.930. The lowest BCUT2D eigenvalue weighted by molar-refractivity contribution is -0.137. The number of anilines is 1. The number of nitrogens with one attached hydrogen (secondary N) is 1. The van der Waals surface area contributed by atoms with Gasteiger partial charge in [0, 0.05) is 6.42 Å². The zero-order chi connectivity index (χ0) is 17.3. The highest BCUT2D eigenvalue weighted by Crippen LogP contribution is 2.35. The Morgan fingerprint density at radius 3 is 2.67 bits per heavy atom. The largest absolute Gasteiger partial charge is 0.495 e. The number of halogens is 3. The van der Waals surface area contributed by atoms with Crippen LogP contribution >= 0.6 is 0 Å². The molecule has 4 nitrogen and oxygen atoms in total. The van der Waals surface area contributed by atoms with Crippen LogP contribution in [-0.4, -0.2) is 19.1 Å². The van der Waals surface area contributed by atoms with Crippen LogP contribution < -0.4 is 14.8 Å². The van der Waals surface area contributed by atoms with Crippen LogP contribution in [0, 0.1) is 0 Å². The van der Waals surface area contributed by atoms with E-state index in [1.807, 2.05) is 12.1 Å². The van der Waals surface area contributed by atoms with Gasteiger partial charge in [-0.2, -0.15) is 13.2 Å². The van der Waals surface area contributed by atoms with Gasteiger partial charge in [0.05, 0.1) is 18.4 Å². The molecule has 0 fully saturated rings. The van der Waals surface area contributed by atoms with Crippen LogP contribution in [0.3, 0.4) is 0 Å². The van der Waals surface area contributed by atoms with Crippen LogP contribution in [0.1, 0.15) is 11.1 Å². The van der Waals surface area contributed by atoms with E-state index in [0.717, 1.165) is 17.7 Å². The van der Waals surface area contributed by atoms with Crippen molar-refractivity contribution in [3.8, 4) is 11.5 Å². The standard InChI is InChI=1S/C17H14F3NO3/c1-23-14-7-6-11(17(18,19)20)9-12(14)21-16(22)15-8-10-4-2-3-5-13(10)24-15/h2-7,9,15H,8H2,1H3,(H,21,22). The fourth-order valence-corrected chi connectivity index (χ4v) is 2.52. The van der Waals surface area contributed by atoms with Crippen molar-refractivity contribution in [2.45, 2.75) is 18.7 Å². The Morgan fingerprint density at radius 1 is 1.25 bits per heavy atom. The van der Waals surface area contributed by atoms with Crippen molar-refractivity contribution in [3.05, 3.63) is 53.6 Å². The lowest BCUT2D eigenvalue weighted by atomic mass is 10.1. The van der Waals surface area contributed by atoms with E-state index in [9.17, 15) is 18.0 Å². The van der Waals surface area contributed by atoms with Gasteiger partial charge in [-0.1, -0.05) is 18.2 Å². The summed E-state index contributed by atoms with van der Waals surface area (Å²) in [5.74, 6) is 0.226. The summed E-state index contributed by atoms with van der Waals surface area (Å²) >= 11 is 0. The highest BCUT2D eigenvalue weighted by atomic mass is 19.4. The fraction of sp³-hybridized carbons (Fsp3) is 0.235. The van der Waals surface area contributed by atoms with Gasteiger partial charge >= 0.3 is 6.18 Å². The topological polar surface area (TPSA) is 47.6 Å². The Hall–Kier alpha value is -2.70. The first-order chi connectivity index (χ1) is 11.4. The Balaban J connectivity index is 1.80. The number of hydrogen-bond acceptors (Lipinski definition) is 3. The molecule has 0 radical (unpaired) electrons. The van der Waals surface area contributed by atoms with E-state index in [-0.39, 0.29) is 11.4 Å². The van der Waals surface area contributed by atoms with Crippen molar-refractivity contribution in [1.82, 2.24) is 0 Å². The lowest BCUT2D eigenvalue weighted by Crippen LogP contribution is -2.31. The van der Waals surface area contributed by atoms with E-state index in [0.29, 0.717) is 12.2 Å². The number of hydrogen-bond donors (Lipinski definition) is 1. The number of fused-ring (bicyclic) bond motifs is 1. The van der Waals surface area contributed by atoms with Crippen molar-refractivity contribution in [1.29, 1.82) is 0 Å². The molecule has 1 unspecified atom stereocenters. The van der Waals surface area contributed by atoms with Crippen LogP contribution in [-0.2, 0) is 17.4 Å². The Bertz CT molecular complexity index is 749. The second-order valence-corrected chi connectivity index (χ2v) is 5.32. The molecule has 24 heavy (non-hydrogen) atoms. The molecule has 126 valence electrons. The number of benzene rings is 2. The average Bonchev–Trinajstić information content (AvgIpc) is 2.98. The summed E-state index contributed by atoms with van der Waals surface area (Å²) in [6.45, 7) is 0. The molecular formula is C17H14F3NO3. The minimum atomic E-state index is -4.51. The zero-order valence-electron chi connectivity index (χ0n) is 12.7. The lowest BCUT2D eigenvalue weighted by Gasteiger charge is -2.16. The molecule has 0 aliphatic carbocycles. The van der Waals surface area contributed by atoms with E-state index < -0.39 is 23.8 Å². The van der Waals surface area contributed by atoms with Gasteiger partial charge in [0.25, 0.3) is 5.91 Å². The summed E-state index contributed by atoms with van der Waals surface area (Å²) in [4.78, 5) is 12.3.